The first kappa shape index (κ1) is 18.0. The predicted octanol–water partition coefficient (Wildman–Crippen LogP) is 4.73. The van der Waals surface area contributed by atoms with E-state index in [0.29, 0.717) is 23.0 Å². The highest BCUT2D eigenvalue weighted by Gasteiger charge is 2.60. The zero-order valence-electron chi connectivity index (χ0n) is 16.9. The monoisotopic (exact) mass is 363 g/mol. The first-order valence-electron chi connectivity index (χ1n) is 10.6. The average Bonchev–Trinajstić information content (AvgIpc) is 2.83. The Kier molecular flexibility index (Phi) is 4.20. The Hall–Kier alpha value is -0.353. The van der Waals surface area contributed by atoms with Crippen molar-refractivity contribution in [3.05, 3.63) is 0 Å². The summed E-state index contributed by atoms with van der Waals surface area (Å²) in [5.41, 5.74) is 0.721. The van der Waals surface area contributed by atoms with Crippen molar-refractivity contribution in [2.75, 3.05) is 0 Å². The third-order valence-corrected chi connectivity index (χ3v) is 9.50. The van der Waals surface area contributed by atoms with Crippen LogP contribution in [0.1, 0.15) is 65.2 Å². The van der Waals surface area contributed by atoms with Gasteiger partial charge in [0.25, 0.3) is 0 Å². The van der Waals surface area contributed by atoms with Crippen LogP contribution >= 0.6 is 0 Å². The molecule has 3 aliphatic carbocycles. The lowest BCUT2D eigenvalue weighted by Gasteiger charge is -2.60. The molecule has 1 aliphatic heterocycles. The summed E-state index contributed by atoms with van der Waals surface area (Å²) in [6.45, 7) is 12.1. The molecule has 4 aliphatic rings. The fourth-order valence-electron chi connectivity index (χ4n) is 7.27. The van der Waals surface area contributed by atoms with Gasteiger partial charge in [0.2, 0.25) is 5.91 Å². The van der Waals surface area contributed by atoms with E-state index in [1.165, 1.54) is 38.5 Å². The Labute approximate surface area is 154 Å². The largest absolute Gasteiger partial charge is 0.414 e. The van der Waals surface area contributed by atoms with Crippen molar-refractivity contribution in [3.63, 3.8) is 0 Å². The van der Waals surface area contributed by atoms with Gasteiger partial charge in [-0.1, -0.05) is 13.8 Å². The Morgan fingerprint density at radius 3 is 2.40 bits per heavy atom. The van der Waals surface area contributed by atoms with Gasteiger partial charge in [-0.3, -0.25) is 4.79 Å². The summed E-state index contributed by atoms with van der Waals surface area (Å²) in [5, 5.41) is 3.34. The average molecular weight is 364 g/mol. The lowest BCUT2D eigenvalue weighted by atomic mass is 9.47. The summed E-state index contributed by atoms with van der Waals surface area (Å²) in [6, 6.07) is 0.426. The van der Waals surface area contributed by atoms with Crippen molar-refractivity contribution < 1.29 is 9.22 Å². The van der Waals surface area contributed by atoms with E-state index < -0.39 is 8.32 Å². The highest BCUT2D eigenvalue weighted by molar-refractivity contribution is 6.69. The fourth-order valence-corrected chi connectivity index (χ4v) is 8.52. The van der Waals surface area contributed by atoms with Gasteiger partial charge in [-0.05, 0) is 93.2 Å². The van der Waals surface area contributed by atoms with E-state index in [-0.39, 0.29) is 5.91 Å². The SMILES string of the molecule is C[C@]12CCC(=O)N[C@@H]1CC[C@@H]1[C@@H]2CC[C@]2(C)[C@@H](O[Si](C)(C)C)CC[C@@H]12. The van der Waals surface area contributed by atoms with Crippen LogP contribution in [-0.4, -0.2) is 26.4 Å². The minimum atomic E-state index is -1.49. The highest BCUT2D eigenvalue weighted by Crippen LogP contribution is 2.64. The van der Waals surface area contributed by atoms with Gasteiger partial charge in [-0.15, -0.1) is 0 Å². The molecule has 0 unspecified atom stereocenters. The van der Waals surface area contributed by atoms with Gasteiger partial charge in [0.05, 0.1) is 6.10 Å². The first-order chi connectivity index (χ1) is 11.6. The van der Waals surface area contributed by atoms with Gasteiger partial charge in [-0.25, -0.2) is 0 Å². The number of nitrogens with one attached hydrogen (secondary N) is 1. The van der Waals surface area contributed by atoms with Crippen molar-refractivity contribution in [2.24, 2.45) is 28.6 Å². The number of hydrogen-bond acceptors (Lipinski definition) is 2. The zero-order valence-corrected chi connectivity index (χ0v) is 17.9. The second-order valence-electron chi connectivity index (χ2n) is 10.9. The summed E-state index contributed by atoms with van der Waals surface area (Å²) in [5.74, 6) is 2.77. The third-order valence-electron chi connectivity index (χ3n) is 8.50. The van der Waals surface area contributed by atoms with E-state index >= 15 is 0 Å². The quantitative estimate of drug-likeness (QED) is 0.720. The summed E-state index contributed by atoms with van der Waals surface area (Å²) in [4.78, 5) is 11.9. The maximum Gasteiger partial charge on any atom is 0.220 e. The smallest absolute Gasteiger partial charge is 0.220 e. The number of hydrogen-bond donors (Lipinski definition) is 1. The lowest BCUT2D eigenvalue weighted by Crippen LogP contribution is -2.61. The van der Waals surface area contributed by atoms with Gasteiger partial charge in [-0.2, -0.15) is 0 Å². The minimum absolute atomic E-state index is 0.283. The predicted molar refractivity (Wildman–Crippen MR) is 104 cm³/mol. The number of carbonyl (C=O) groups excluding carboxylic acids is 1. The topological polar surface area (TPSA) is 38.3 Å². The van der Waals surface area contributed by atoms with Crippen LogP contribution in [0.4, 0.5) is 0 Å². The molecule has 1 N–H and O–H groups in total. The van der Waals surface area contributed by atoms with Gasteiger partial charge >= 0.3 is 0 Å². The summed E-state index contributed by atoms with van der Waals surface area (Å²) >= 11 is 0. The van der Waals surface area contributed by atoms with Crippen LogP contribution in [0.3, 0.4) is 0 Å². The molecule has 142 valence electrons. The Bertz CT molecular complexity index is 559. The molecule has 0 aromatic heterocycles. The number of amides is 1. The minimum Gasteiger partial charge on any atom is -0.414 e. The van der Waals surface area contributed by atoms with E-state index in [4.69, 9.17) is 4.43 Å². The van der Waals surface area contributed by atoms with E-state index in [0.717, 1.165) is 30.6 Å². The fraction of sp³-hybridized carbons (Fsp3) is 0.952. The molecule has 4 heteroatoms. The molecule has 1 heterocycles. The first-order valence-corrected chi connectivity index (χ1v) is 14.0. The van der Waals surface area contributed by atoms with E-state index in [2.05, 4.69) is 38.8 Å². The highest BCUT2D eigenvalue weighted by atomic mass is 28.4. The van der Waals surface area contributed by atoms with Crippen molar-refractivity contribution in [1.29, 1.82) is 0 Å². The summed E-state index contributed by atoms with van der Waals surface area (Å²) in [6.07, 6.45) is 10.1. The van der Waals surface area contributed by atoms with Crippen molar-refractivity contribution in [1.82, 2.24) is 5.32 Å². The van der Waals surface area contributed by atoms with Crippen LogP contribution < -0.4 is 5.32 Å². The van der Waals surface area contributed by atoms with E-state index in [1.54, 1.807) is 0 Å². The number of carbonyl (C=O) groups is 1. The van der Waals surface area contributed by atoms with Gasteiger partial charge in [0.1, 0.15) is 0 Å². The maximum atomic E-state index is 11.9. The molecule has 0 aromatic rings. The van der Waals surface area contributed by atoms with Crippen LogP contribution in [0, 0.1) is 28.6 Å². The molecule has 7 atom stereocenters. The van der Waals surface area contributed by atoms with Crippen molar-refractivity contribution in [2.45, 2.75) is 97.0 Å². The second kappa shape index (κ2) is 5.82. The number of rotatable bonds is 2. The summed E-state index contributed by atoms with van der Waals surface area (Å²) in [7, 11) is -1.49. The Balaban J connectivity index is 1.57. The molecule has 3 nitrogen and oxygen atoms in total. The van der Waals surface area contributed by atoms with Gasteiger partial charge < -0.3 is 9.74 Å². The standard InChI is InChI=1S/C21H37NO2Si/c1-20-13-11-19(23)22-17(20)8-6-14-15-7-9-18(24-25(3,4)5)21(15,2)12-10-16(14)20/h14-18H,6-13H2,1-5H3,(H,22,23)/t14-,15-,16-,17+,18-,20+,21-/m0/s1. The maximum absolute atomic E-state index is 11.9. The molecule has 25 heavy (non-hydrogen) atoms. The molecule has 4 fully saturated rings. The van der Waals surface area contributed by atoms with Crippen LogP contribution in [0.5, 0.6) is 0 Å². The Morgan fingerprint density at radius 1 is 0.960 bits per heavy atom. The molecule has 0 aromatic carbocycles. The van der Waals surface area contributed by atoms with Crippen molar-refractivity contribution in [3.8, 4) is 0 Å². The second-order valence-corrected chi connectivity index (χ2v) is 15.4. The van der Waals surface area contributed by atoms with Gasteiger partial charge in [0, 0.05) is 12.5 Å². The molecule has 0 bridgehead atoms. The molecule has 4 rings (SSSR count). The van der Waals surface area contributed by atoms with Crippen molar-refractivity contribution >= 4 is 14.2 Å². The molecule has 0 radical (unpaired) electrons. The molecule has 0 spiro atoms. The normalized spacial score (nSPS) is 49.8. The van der Waals surface area contributed by atoms with Crippen LogP contribution in [0.15, 0.2) is 0 Å². The van der Waals surface area contributed by atoms with Crippen LogP contribution in [-0.2, 0) is 9.22 Å². The zero-order chi connectivity index (χ0) is 18.0. The van der Waals surface area contributed by atoms with E-state index in [9.17, 15) is 4.79 Å². The van der Waals surface area contributed by atoms with Gasteiger partial charge in [0.15, 0.2) is 8.32 Å². The molecule has 1 saturated heterocycles. The molecule has 1 amide bonds. The van der Waals surface area contributed by atoms with Crippen LogP contribution in [0.25, 0.3) is 0 Å². The van der Waals surface area contributed by atoms with Crippen LogP contribution in [0.2, 0.25) is 19.6 Å². The molecule has 3 saturated carbocycles. The molecular formula is C21H37NO2Si. The third kappa shape index (κ3) is 2.82. The lowest BCUT2D eigenvalue weighted by molar-refractivity contribution is -0.138. The van der Waals surface area contributed by atoms with E-state index in [1.807, 2.05) is 0 Å². The molecular weight excluding hydrogens is 326 g/mol. The number of piperidine rings is 1. The number of fused-ring (bicyclic) bond motifs is 5. The summed E-state index contributed by atoms with van der Waals surface area (Å²) < 4.78 is 6.68. The Morgan fingerprint density at radius 2 is 1.68 bits per heavy atom.